The highest BCUT2D eigenvalue weighted by Crippen LogP contribution is 2.36. The van der Waals surface area contributed by atoms with Crippen LogP contribution in [0.2, 0.25) is 5.02 Å². The van der Waals surface area contributed by atoms with Crippen LogP contribution < -0.4 is 4.74 Å². The summed E-state index contributed by atoms with van der Waals surface area (Å²) < 4.78 is 30.9. The molecule has 0 N–H and O–H groups in total. The minimum Gasteiger partial charge on any atom is -0.496 e. The number of aromatic nitrogens is 2. The number of benzene rings is 2. The third-order valence-electron chi connectivity index (χ3n) is 4.31. The zero-order chi connectivity index (χ0) is 19.7. The summed E-state index contributed by atoms with van der Waals surface area (Å²) in [4.78, 5) is 8.82. The van der Waals surface area contributed by atoms with Crippen molar-refractivity contribution in [1.29, 1.82) is 0 Å². The summed E-state index contributed by atoms with van der Waals surface area (Å²) in [6.45, 7) is 0. The number of fused-ring (bicyclic) bond motifs is 1. The summed E-state index contributed by atoms with van der Waals surface area (Å²) in [7, 11) is -1.91. The number of thiazole rings is 1. The number of methoxy groups -OCH3 is 1. The molecule has 0 saturated carbocycles. The van der Waals surface area contributed by atoms with Crippen LogP contribution in [0.15, 0.2) is 65.1 Å². The van der Waals surface area contributed by atoms with E-state index in [4.69, 9.17) is 16.3 Å². The van der Waals surface area contributed by atoms with Gasteiger partial charge in [0.25, 0.3) is 0 Å². The summed E-state index contributed by atoms with van der Waals surface area (Å²) in [5.74, 6) is 0.493. The molecule has 0 saturated heterocycles. The van der Waals surface area contributed by atoms with E-state index >= 15 is 0 Å². The summed E-state index contributed by atoms with van der Waals surface area (Å²) in [5.41, 5.74) is 1.49. The van der Waals surface area contributed by atoms with E-state index in [0.717, 1.165) is 16.3 Å². The maximum Gasteiger partial charge on any atom is 0.184 e. The van der Waals surface area contributed by atoms with Gasteiger partial charge in [-0.1, -0.05) is 17.7 Å². The van der Waals surface area contributed by atoms with Crippen molar-refractivity contribution in [2.45, 2.75) is 10.6 Å². The maximum atomic E-state index is 12.8. The Morgan fingerprint density at radius 2 is 1.93 bits per heavy atom. The van der Waals surface area contributed by atoms with Gasteiger partial charge < -0.3 is 4.74 Å². The predicted molar refractivity (Wildman–Crippen MR) is 112 cm³/mol. The van der Waals surface area contributed by atoms with Crippen molar-refractivity contribution in [3.8, 4) is 17.0 Å². The number of hydrogen-bond acceptors (Lipinski definition) is 6. The van der Waals surface area contributed by atoms with Gasteiger partial charge in [-0.3, -0.25) is 4.98 Å². The first kappa shape index (κ1) is 18.9. The van der Waals surface area contributed by atoms with Gasteiger partial charge in [0, 0.05) is 33.7 Å². The van der Waals surface area contributed by atoms with E-state index in [1.54, 1.807) is 61.3 Å². The summed E-state index contributed by atoms with van der Waals surface area (Å²) in [6, 6.07) is 12.2. The molecule has 0 radical (unpaired) electrons. The number of pyridine rings is 1. The van der Waals surface area contributed by atoms with Gasteiger partial charge >= 0.3 is 0 Å². The average Bonchev–Trinajstić information content (AvgIpc) is 3.19. The molecule has 0 spiro atoms. The molecule has 5 nitrogen and oxygen atoms in total. The fourth-order valence-electron chi connectivity index (χ4n) is 2.99. The Balaban J connectivity index is 1.81. The van der Waals surface area contributed by atoms with Crippen molar-refractivity contribution in [1.82, 2.24) is 9.97 Å². The van der Waals surface area contributed by atoms with Crippen LogP contribution in [0.4, 0.5) is 0 Å². The van der Waals surface area contributed by atoms with Crippen LogP contribution in [-0.4, -0.2) is 25.5 Å². The molecule has 2 heterocycles. The number of halogens is 1. The van der Waals surface area contributed by atoms with Gasteiger partial charge in [0.05, 0.1) is 17.7 Å². The van der Waals surface area contributed by atoms with Crippen LogP contribution >= 0.6 is 22.9 Å². The quantitative estimate of drug-likeness (QED) is 0.446. The van der Waals surface area contributed by atoms with Crippen LogP contribution in [0.3, 0.4) is 0 Å². The van der Waals surface area contributed by atoms with Gasteiger partial charge in [0.2, 0.25) is 0 Å². The van der Waals surface area contributed by atoms with Crippen molar-refractivity contribution >= 4 is 43.5 Å². The van der Waals surface area contributed by atoms with Crippen LogP contribution in [0.1, 0.15) is 5.01 Å². The van der Waals surface area contributed by atoms with E-state index in [1.165, 1.54) is 11.3 Å². The zero-order valence-corrected chi connectivity index (χ0v) is 17.2. The molecule has 0 unspecified atom stereocenters. The highest BCUT2D eigenvalue weighted by Gasteiger charge is 2.19. The second-order valence-corrected chi connectivity index (χ2v) is 9.48. The molecule has 0 atom stereocenters. The lowest BCUT2D eigenvalue weighted by atomic mass is 10.0. The Morgan fingerprint density at radius 1 is 1.07 bits per heavy atom. The smallest absolute Gasteiger partial charge is 0.184 e. The Labute approximate surface area is 171 Å². The lowest BCUT2D eigenvalue weighted by molar-refractivity contribution is 0.416. The summed E-state index contributed by atoms with van der Waals surface area (Å²) in [6.07, 6.45) is 3.26. The number of ether oxygens (including phenoxy) is 1. The topological polar surface area (TPSA) is 69.2 Å². The first-order valence-corrected chi connectivity index (χ1v) is 11.2. The van der Waals surface area contributed by atoms with E-state index < -0.39 is 9.84 Å². The van der Waals surface area contributed by atoms with E-state index in [2.05, 4.69) is 9.97 Å². The molecule has 0 fully saturated rings. The summed E-state index contributed by atoms with van der Waals surface area (Å²) in [5, 5.41) is 4.51. The van der Waals surface area contributed by atoms with Crippen molar-refractivity contribution in [2.75, 3.05) is 7.11 Å². The van der Waals surface area contributed by atoms with E-state index in [9.17, 15) is 8.42 Å². The van der Waals surface area contributed by atoms with Crippen LogP contribution in [0, 0.1) is 0 Å². The molecular weight excluding hydrogens is 416 g/mol. The first-order chi connectivity index (χ1) is 13.5. The van der Waals surface area contributed by atoms with Crippen molar-refractivity contribution in [3.05, 3.63) is 70.3 Å². The number of sulfone groups is 1. The maximum absolute atomic E-state index is 12.8. The minimum atomic E-state index is -3.49. The highest BCUT2D eigenvalue weighted by molar-refractivity contribution is 7.90. The molecule has 0 aliphatic heterocycles. The molecule has 142 valence electrons. The number of hydrogen-bond donors (Lipinski definition) is 0. The standard InChI is InChI=1S/C20H15ClN2O3S2/c1-26-18-11-14(21)2-4-17(18)20-16-5-3-15(10-13(16)6-7-23-20)28(24,25)12-19-22-8-9-27-19/h2-11H,12H2,1H3. The van der Waals surface area contributed by atoms with Crippen LogP contribution in [0.5, 0.6) is 5.75 Å². The molecule has 8 heteroatoms. The van der Waals surface area contributed by atoms with Gasteiger partial charge in [-0.2, -0.15) is 0 Å². The van der Waals surface area contributed by atoms with Crippen molar-refractivity contribution < 1.29 is 13.2 Å². The molecule has 0 bridgehead atoms. The SMILES string of the molecule is COc1cc(Cl)ccc1-c1nccc2cc(S(=O)(=O)Cc3nccs3)ccc12. The van der Waals surface area contributed by atoms with Gasteiger partial charge in [0.1, 0.15) is 16.5 Å². The lowest BCUT2D eigenvalue weighted by Crippen LogP contribution is -2.04. The molecule has 0 aliphatic rings. The first-order valence-electron chi connectivity index (χ1n) is 8.32. The lowest BCUT2D eigenvalue weighted by Gasteiger charge is -2.12. The Morgan fingerprint density at radius 3 is 2.68 bits per heavy atom. The molecule has 4 rings (SSSR count). The number of rotatable bonds is 5. The fraction of sp³-hybridized carbons (Fsp3) is 0.100. The Kier molecular flexibility index (Phi) is 5.05. The van der Waals surface area contributed by atoms with Gasteiger partial charge in [-0.15, -0.1) is 11.3 Å². The third-order valence-corrected chi connectivity index (χ3v) is 7.13. The van der Waals surface area contributed by atoms with Crippen LogP contribution in [-0.2, 0) is 15.6 Å². The molecule has 0 amide bonds. The normalized spacial score (nSPS) is 11.6. The molecular formula is C20H15ClN2O3S2. The van der Waals surface area contributed by atoms with Gasteiger partial charge in [0.15, 0.2) is 9.84 Å². The van der Waals surface area contributed by atoms with Crippen molar-refractivity contribution in [2.24, 2.45) is 0 Å². The summed E-state index contributed by atoms with van der Waals surface area (Å²) >= 11 is 7.39. The minimum absolute atomic E-state index is 0.112. The van der Waals surface area contributed by atoms with E-state index in [0.29, 0.717) is 21.5 Å². The molecule has 0 aliphatic carbocycles. The molecule has 4 aromatic rings. The van der Waals surface area contributed by atoms with Gasteiger partial charge in [-0.05, 0) is 41.8 Å². The monoisotopic (exact) mass is 430 g/mol. The zero-order valence-electron chi connectivity index (χ0n) is 14.8. The van der Waals surface area contributed by atoms with E-state index in [1.807, 2.05) is 6.07 Å². The Bertz CT molecular complexity index is 1260. The second-order valence-electron chi connectivity index (χ2n) is 6.07. The van der Waals surface area contributed by atoms with Crippen LogP contribution in [0.25, 0.3) is 22.0 Å². The largest absolute Gasteiger partial charge is 0.496 e. The predicted octanol–water partition coefficient (Wildman–Crippen LogP) is 4.99. The molecule has 28 heavy (non-hydrogen) atoms. The molecule has 2 aromatic carbocycles. The molecule has 2 aromatic heterocycles. The van der Waals surface area contributed by atoms with Gasteiger partial charge in [-0.25, -0.2) is 13.4 Å². The van der Waals surface area contributed by atoms with Crippen molar-refractivity contribution in [3.63, 3.8) is 0 Å². The van der Waals surface area contributed by atoms with E-state index in [-0.39, 0.29) is 10.6 Å². The Hall–Kier alpha value is -2.48. The number of nitrogens with zero attached hydrogens (tertiary/aromatic N) is 2. The fourth-order valence-corrected chi connectivity index (χ4v) is 5.44. The highest BCUT2D eigenvalue weighted by atomic mass is 35.5. The second kappa shape index (κ2) is 7.50. The average molecular weight is 431 g/mol. The third kappa shape index (κ3) is 3.61.